The fraction of sp³-hybridized carbons (Fsp3) is 0.500. The van der Waals surface area contributed by atoms with Crippen molar-refractivity contribution in [1.29, 1.82) is 0 Å². The number of aliphatic carboxylic acids is 1. The van der Waals surface area contributed by atoms with E-state index in [1.54, 1.807) is 32.9 Å². The second kappa shape index (κ2) is 7.98. The molecule has 0 radical (unpaired) electrons. The molecule has 0 fully saturated rings. The molecule has 0 amide bonds. The second-order valence-corrected chi connectivity index (χ2v) is 9.91. The molecule has 0 spiro atoms. The summed E-state index contributed by atoms with van der Waals surface area (Å²) in [5.41, 5.74) is 0. The summed E-state index contributed by atoms with van der Waals surface area (Å²) >= 11 is 4.41. The van der Waals surface area contributed by atoms with E-state index in [2.05, 4.69) is 20.7 Å². The van der Waals surface area contributed by atoms with Gasteiger partial charge in [0.15, 0.2) is 0 Å². The number of thioether (sulfide) groups is 1. The van der Waals surface area contributed by atoms with Crippen LogP contribution in [0.25, 0.3) is 0 Å². The van der Waals surface area contributed by atoms with Crippen molar-refractivity contribution in [2.45, 2.75) is 42.6 Å². The van der Waals surface area contributed by atoms with Crippen LogP contribution < -0.4 is 4.72 Å². The van der Waals surface area contributed by atoms with Crippen LogP contribution in [0, 0.1) is 0 Å². The molecule has 2 atom stereocenters. The quantitative estimate of drug-likeness (QED) is 0.588. The van der Waals surface area contributed by atoms with Gasteiger partial charge in [-0.1, -0.05) is 15.9 Å². The number of aliphatic hydroxyl groups is 1. The minimum absolute atomic E-state index is 0.0109. The molecule has 0 aliphatic heterocycles. The van der Waals surface area contributed by atoms with Gasteiger partial charge in [0.05, 0.1) is 11.0 Å². The third kappa shape index (κ3) is 6.07. The van der Waals surface area contributed by atoms with Gasteiger partial charge in [-0.3, -0.25) is 4.79 Å². The zero-order chi connectivity index (χ0) is 17.8. The van der Waals surface area contributed by atoms with Crippen LogP contribution in [0.1, 0.15) is 20.8 Å². The SMILES string of the molecule is CC(O)CSC(C)(C)[C@@H](NS(=O)(=O)c1ccc(Br)cc1)C(=O)O. The van der Waals surface area contributed by atoms with E-state index in [0.717, 1.165) is 4.47 Å². The lowest BCUT2D eigenvalue weighted by Crippen LogP contribution is -2.52. The third-order valence-corrected chi connectivity index (χ3v) is 6.63. The largest absolute Gasteiger partial charge is 0.480 e. The number of nitrogens with one attached hydrogen (secondary N) is 1. The first kappa shape index (κ1) is 20.4. The monoisotopic (exact) mass is 425 g/mol. The number of aliphatic hydroxyl groups excluding tert-OH is 1. The highest BCUT2D eigenvalue weighted by Gasteiger charge is 2.39. The summed E-state index contributed by atoms with van der Waals surface area (Å²) in [6.07, 6.45) is -0.614. The lowest BCUT2D eigenvalue weighted by atomic mass is 10.1. The smallest absolute Gasteiger partial charge is 0.323 e. The molecule has 0 aromatic heterocycles. The Bertz CT molecular complexity index is 644. The van der Waals surface area contributed by atoms with Crippen molar-refractivity contribution >= 4 is 43.7 Å². The Hall–Kier alpha value is -0.610. The third-order valence-electron chi connectivity index (χ3n) is 3.04. The van der Waals surface area contributed by atoms with Crippen molar-refractivity contribution in [2.75, 3.05) is 5.75 Å². The minimum Gasteiger partial charge on any atom is -0.480 e. The normalized spacial score (nSPS) is 15.2. The van der Waals surface area contributed by atoms with Crippen LogP contribution in [0.15, 0.2) is 33.6 Å². The Morgan fingerprint density at radius 1 is 1.35 bits per heavy atom. The number of carbonyl (C=O) groups is 1. The first-order valence-corrected chi connectivity index (χ1v) is 10.0. The molecule has 1 unspecified atom stereocenters. The minimum atomic E-state index is -3.97. The maximum atomic E-state index is 12.4. The average molecular weight is 426 g/mol. The number of carboxylic acids is 1. The van der Waals surface area contributed by atoms with Gasteiger partial charge in [-0.15, -0.1) is 0 Å². The predicted molar refractivity (Wildman–Crippen MR) is 94.1 cm³/mol. The number of hydrogen-bond donors (Lipinski definition) is 3. The van der Waals surface area contributed by atoms with E-state index in [0.29, 0.717) is 5.75 Å². The molecule has 0 bridgehead atoms. The summed E-state index contributed by atoms with van der Waals surface area (Å²) in [5.74, 6) is -0.967. The van der Waals surface area contributed by atoms with Gasteiger partial charge in [-0.2, -0.15) is 16.5 Å². The van der Waals surface area contributed by atoms with E-state index >= 15 is 0 Å². The maximum absolute atomic E-state index is 12.4. The maximum Gasteiger partial charge on any atom is 0.323 e. The molecule has 1 aromatic rings. The van der Waals surface area contributed by atoms with E-state index in [4.69, 9.17) is 0 Å². The second-order valence-electron chi connectivity index (χ2n) is 5.61. The van der Waals surface area contributed by atoms with Gasteiger partial charge >= 0.3 is 5.97 Å². The van der Waals surface area contributed by atoms with Gasteiger partial charge in [0.2, 0.25) is 10.0 Å². The van der Waals surface area contributed by atoms with Gasteiger partial charge in [0.1, 0.15) is 6.04 Å². The van der Waals surface area contributed by atoms with E-state index in [1.807, 2.05) is 0 Å². The Labute approximate surface area is 148 Å². The van der Waals surface area contributed by atoms with Crippen LogP contribution in [-0.2, 0) is 14.8 Å². The summed E-state index contributed by atoms with van der Waals surface area (Å²) < 4.78 is 26.8. The zero-order valence-corrected chi connectivity index (χ0v) is 16.2. The molecule has 1 aromatic carbocycles. The Morgan fingerprint density at radius 2 is 1.87 bits per heavy atom. The zero-order valence-electron chi connectivity index (χ0n) is 13.0. The molecule has 0 heterocycles. The van der Waals surface area contributed by atoms with Gasteiger partial charge in [0, 0.05) is 15.0 Å². The molecule has 0 saturated heterocycles. The van der Waals surface area contributed by atoms with Crippen molar-refractivity contribution in [3.8, 4) is 0 Å². The van der Waals surface area contributed by atoms with E-state index in [1.165, 1.54) is 23.9 Å². The van der Waals surface area contributed by atoms with Crippen molar-refractivity contribution in [1.82, 2.24) is 4.72 Å². The highest BCUT2D eigenvalue weighted by atomic mass is 79.9. The fourth-order valence-electron chi connectivity index (χ4n) is 1.75. The molecule has 3 N–H and O–H groups in total. The Kier molecular flexibility index (Phi) is 7.09. The van der Waals surface area contributed by atoms with Crippen molar-refractivity contribution < 1.29 is 23.4 Å². The molecule has 0 aliphatic rings. The van der Waals surface area contributed by atoms with Crippen molar-refractivity contribution in [2.24, 2.45) is 0 Å². The van der Waals surface area contributed by atoms with Crippen molar-refractivity contribution in [3.63, 3.8) is 0 Å². The molecule has 0 saturated carbocycles. The average Bonchev–Trinajstić information content (AvgIpc) is 2.43. The van der Waals surface area contributed by atoms with Gasteiger partial charge < -0.3 is 10.2 Å². The van der Waals surface area contributed by atoms with Crippen LogP contribution in [0.3, 0.4) is 0 Å². The van der Waals surface area contributed by atoms with E-state index in [9.17, 15) is 23.4 Å². The molecular formula is C14H20BrNO5S2. The van der Waals surface area contributed by atoms with Crippen molar-refractivity contribution in [3.05, 3.63) is 28.7 Å². The van der Waals surface area contributed by atoms with Crippen LogP contribution in [-0.4, -0.2) is 47.2 Å². The number of rotatable bonds is 8. The standard InChI is InChI=1S/C14H20BrNO5S2/c1-9(17)8-22-14(2,3)12(13(18)19)16-23(20,21)11-6-4-10(15)5-7-11/h4-7,9,12,16-17H,8H2,1-3H3,(H,18,19)/t9?,12-/m0/s1. The molecule has 1 rings (SSSR count). The van der Waals surface area contributed by atoms with Crippen LogP contribution in [0.2, 0.25) is 0 Å². The fourth-order valence-corrected chi connectivity index (χ4v) is 4.42. The van der Waals surface area contributed by atoms with Crippen LogP contribution in [0.4, 0.5) is 0 Å². The summed E-state index contributed by atoms with van der Waals surface area (Å²) in [6, 6.07) is 4.58. The molecule has 0 aliphatic carbocycles. The number of benzene rings is 1. The van der Waals surface area contributed by atoms with E-state index in [-0.39, 0.29) is 4.90 Å². The number of hydrogen-bond acceptors (Lipinski definition) is 5. The molecule has 130 valence electrons. The van der Waals surface area contributed by atoms with Crippen LogP contribution in [0.5, 0.6) is 0 Å². The highest BCUT2D eigenvalue weighted by molar-refractivity contribution is 9.10. The number of halogens is 1. The molecular weight excluding hydrogens is 406 g/mol. The lowest BCUT2D eigenvalue weighted by molar-refractivity contribution is -0.139. The summed E-state index contributed by atoms with van der Waals surface area (Å²) in [5, 5.41) is 18.8. The summed E-state index contributed by atoms with van der Waals surface area (Å²) in [7, 11) is -3.97. The topological polar surface area (TPSA) is 104 Å². The Balaban J connectivity index is 3.03. The van der Waals surface area contributed by atoms with Gasteiger partial charge in [-0.25, -0.2) is 8.42 Å². The Morgan fingerprint density at radius 3 is 2.30 bits per heavy atom. The highest BCUT2D eigenvalue weighted by Crippen LogP contribution is 2.30. The summed E-state index contributed by atoms with van der Waals surface area (Å²) in [4.78, 5) is 11.5. The molecule has 9 heteroatoms. The van der Waals surface area contributed by atoms with E-state index < -0.39 is 32.9 Å². The first-order chi connectivity index (χ1) is 10.5. The van der Waals surface area contributed by atoms with Crippen LogP contribution >= 0.6 is 27.7 Å². The predicted octanol–water partition coefficient (Wildman–Crippen LogP) is 2.07. The molecule has 23 heavy (non-hydrogen) atoms. The van der Waals surface area contributed by atoms with Gasteiger partial charge in [-0.05, 0) is 45.0 Å². The summed E-state index contributed by atoms with van der Waals surface area (Å²) in [6.45, 7) is 4.84. The molecule has 6 nitrogen and oxygen atoms in total. The first-order valence-electron chi connectivity index (χ1n) is 6.78. The van der Waals surface area contributed by atoms with Gasteiger partial charge in [0.25, 0.3) is 0 Å². The lowest BCUT2D eigenvalue weighted by Gasteiger charge is -2.31. The number of sulfonamides is 1. The number of carboxylic acid groups (broad SMARTS) is 1.